The molecular formula is C21H24N2O3. The summed E-state index contributed by atoms with van der Waals surface area (Å²) in [7, 11) is 0. The summed E-state index contributed by atoms with van der Waals surface area (Å²) in [6.07, 6.45) is 3.53. The molecule has 1 aliphatic heterocycles. The Hall–Kier alpha value is -2.69. The van der Waals surface area contributed by atoms with Crippen molar-refractivity contribution in [3.8, 4) is 0 Å². The SMILES string of the molecule is Cc1ccc(C)c([C@@H](NC(=O)[C@H]2CC(=O)OC2(C)C)c2ccncc2)c1. The molecule has 0 radical (unpaired) electrons. The Kier molecular flexibility index (Phi) is 4.81. The van der Waals surface area contributed by atoms with E-state index in [1.165, 1.54) is 0 Å². The van der Waals surface area contributed by atoms with Gasteiger partial charge in [-0.1, -0.05) is 23.8 Å². The van der Waals surface area contributed by atoms with Crippen LogP contribution in [0.4, 0.5) is 0 Å². The van der Waals surface area contributed by atoms with Gasteiger partial charge in [0.2, 0.25) is 5.91 Å². The Morgan fingerprint density at radius 2 is 1.92 bits per heavy atom. The number of cyclic esters (lactones) is 1. The van der Waals surface area contributed by atoms with Crippen molar-refractivity contribution in [2.75, 3.05) is 0 Å². The van der Waals surface area contributed by atoms with E-state index >= 15 is 0 Å². The van der Waals surface area contributed by atoms with E-state index in [-0.39, 0.29) is 24.3 Å². The van der Waals surface area contributed by atoms with Crippen molar-refractivity contribution in [3.05, 3.63) is 65.0 Å². The number of amides is 1. The third-order valence-electron chi connectivity index (χ3n) is 4.98. The van der Waals surface area contributed by atoms with Gasteiger partial charge in [-0.25, -0.2) is 0 Å². The first-order valence-corrected chi connectivity index (χ1v) is 8.77. The topological polar surface area (TPSA) is 68.3 Å². The summed E-state index contributed by atoms with van der Waals surface area (Å²) in [5.41, 5.74) is 3.40. The van der Waals surface area contributed by atoms with Crippen molar-refractivity contribution in [1.29, 1.82) is 0 Å². The second kappa shape index (κ2) is 6.90. The maximum atomic E-state index is 13.0. The second-order valence-electron chi connectivity index (χ2n) is 7.42. The molecule has 1 aromatic heterocycles. The summed E-state index contributed by atoms with van der Waals surface area (Å²) in [5, 5.41) is 3.14. The fourth-order valence-electron chi connectivity index (χ4n) is 3.44. The normalized spacial score (nSPS) is 19.7. The summed E-state index contributed by atoms with van der Waals surface area (Å²) in [6, 6.07) is 9.68. The maximum absolute atomic E-state index is 13.0. The molecule has 0 aliphatic carbocycles. The van der Waals surface area contributed by atoms with Crippen LogP contribution in [0.1, 0.15) is 48.6 Å². The number of pyridine rings is 1. The molecule has 3 rings (SSSR count). The number of aryl methyl sites for hydroxylation is 2. The fraction of sp³-hybridized carbons (Fsp3) is 0.381. The number of nitrogens with one attached hydrogen (secondary N) is 1. The van der Waals surface area contributed by atoms with Crippen LogP contribution in [-0.2, 0) is 14.3 Å². The van der Waals surface area contributed by atoms with Crippen molar-refractivity contribution in [1.82, 2.24) is 10.3 Å². The Labute approximate surface area is 153 Å². The number of hydrogen-bond acceptors (Lipinski definition) is 4. The lowest BCUT2D eigenvalue weighted by Gasteiger charge is -2.27. The van der Waals surface area contributed by atoms with Crippen LogP contribution in [0.3, 0.4) is 0 Å². The molecule has 0 bridgehead atoms. The number of benzene rings is 1. The zero-order chi connectivity index (χ0) is 18.9. The van der Waals surface area contributed by atoms with Crippen LogP contribution >= 0.6 is 0 Å². The van der Waals surface area contributed by atoms with Crippen LogP contribution < -0.4 is 5.32 Å². The molecule has 1 saturated heterocycles. The zero-order valence-corrected chi connectivity index (χ0v) is 15.6. The minimum absolute atomic E-state index is 0.106. The van der Waals surface area contributed by atoms with Gasteiger partial charge in [-0.15, -0.1) is 0 Å². The molecule has 1 N–H and O–H groups in total. The number of hydrogen-bond donors (Lipinski definition) is 1. The van der Waals surface area contributed by atoms with Crippen LogP contribution in [0.15, 0.2) is 42.7 Å². The van der Waals surface area contributed by atoms with Gasteiger partial charge in [-0.3, -0.25) is 14.6 Å². The molecule has 1 fully saturated rings. The Morgan fingerprint density at radius 1 is 1.23 bits per heavy atom. The maximum Gasteiger partial charge on any atom is 0.307 e. The molecule has 1 amide bonds. The molecule has 5 heteroatoms. The summed E-state index contributed by atoms with van der Waals surface area (Å²) < 4.78 is 5.31. The standard InChI is InChI=1S/C21H24N2O3/c1-13-5-6-14(2)16(11-13)19(15-7-9-22-10-8-15)23-20(25)17-12-18(24)26-21(17,3)4/h5-11,17,19H,12H2,1-4H3,(H,23,25)/t17-,19+/m1/s1. The highest BCUT2D eigenvalue weighted by Crippen LogP contribution is 2.34. The smallest absolute Gasteiger partial charge is 0.307 e. The third kappa shape index (κ3) is 3.62. The average Bonchev–Trinajstić information content (AvgIpc) is 2.88. The molecule has 2 atom stereocenters. The molecule has 0 saturated carbocycles. The van der Waals surface area contributed by atoms with Crippen LogP contribution in [0.2, 0.25) is 0 Å². The second-order valence-corrected chi connectivity index (χ2v) is 7.42. The summed E-state index contributed by atoms with van der Waals surface area (Å²) in [5.74, 6) is -1.02. The van der Waals surface area contributed by atoms with E-state index in [0.717, 1.165) is 22.3 Å². The highest BCUT2D eigenvalue weighted by molar-refractivity contribution is 5.88. The van der Waals surface area contributed by atoms with Gasteiger partial charge in [0.1, 0.15) is 5.60 Å². The molecule has 1 aliphatic rings. The molecule has 26 heavy (non-hydrogen) atoms. The minimum atomic E-state index is -0.800. The molecule has 136 valence electrons. The monoisotopic (exact) mass is 352 g/mol. The third-order valence-corrected chi connectivity index (χ3v) is 4.98. The Morgan fingerprint density at radius 3 is 2.54 bits per heavy atom. The van der Waals surface area contributed by atoms with E-state index in [1.54, 1.807) is 26.2 Å². The molecule has 1 aromatic carbocycles. The van der Waals surface area contributed by atoms with Crippen molar-refractivity contribution in [3.63, 3.8) is 0 Å². The van der Waals surface area contributed by atoms with E-state index in [2.05, 4.69) is 28.5 Å². The average molecular weight is 352 g/mol. The van der Waals surface area contributed by atoms with Crippen LogP contribution in [0.5, 0.6) is 0 Å². The van der Waals surface area contributed by atoms with Crippen LogP contribution in [-0.4, -0.2) is 22.5 Å². The summed E-state index contributed by atoms with van der Waals surface area (Å²) >= 11 is 0. The molecule has 2 heterocycles. The number of esters is 1. The Balaban J connectivity index is 1.96. The minimum Gasteiger partial charge on any atom is -0.459 e. The van der Waals surface area contributed by atoms with Gasteiger partial charge in [0.05, 0.1) is 18.4 Å². The number of rotatable bonds is 4. The van der Waals surface area contributed by atoms with Gasteiger partial charge in [-0.2, -0.15) is 0 Å². The molecule has 5 nitrogen and oxygen atoms in total. The highest BCUT2D eigenvalue weighted by atomic mass is 16.6. The Bertz CT molecular complexity index is 830. The first-order valence-electron chi connectivity index (χ1n) is 8.77. The van der Waals surface area contributed by atoms with Gasteiger partial charge in [0.25, 0.3) is 0 Å². The number of ether oxygens (including phenoxy) is 1. The van der Waals surface area contributed by atoms with E-state index in [1.807, 2.05) is 26.0 Å². The summed E-state index contributed by atoms with van der Waals surface area (Å²) in [4.78, 5) is 28.8. The van der Waals surface area contributed by atoms with E-state index in [4.69, 9.17) is 4.74 Å². The van der Waals surface area contributed by atoms with Gasteiger partial charge in [-0.05, 0) is 56.5 Å². The van der Waals surface area contributed by atoms with E-state index in [0.29, 0.717) is 0 Å². The van der Waals surface area contributed by atoms with Gasteiger partial charge >= 0.3 is 5.97 Å². The first-order chi connectivity index (χ1) is 12.3. The highest BCUT2D eigenvalue weighted by Gasteiger charge is 2.46. The lowest BCUT2D eigenvalue weighted by molar-refractivity contribution is -0.147. The lowest BCUT2D eigenvalue weighted by Crippen LogP contribution is -2.42. The largest absolute Gasteiger partial charge is 0.459 e. The number of carbonyl (C=O) groups excluding carboxylic acids is 2. The van der Waals surface area contributed by atoms with Crippen molar-refractivity contribution in [2.24, 2.45) is 5.92 Å². The molecular weight excluding hydrogens is 328 g/mol. The molecule has 2 aromatic rings. The quantitative estimate of drug-likeness (QED) is 0.858. The predicted octanol–water partition coefficient (Wildman–Crippen LogP) is 3.25. The fourth-order valence-corrected chi connectivity index (χ4v) is 3.44. The first kappa shape index (κ1) is 18.1. The molecule has 0 unspecified atom stereocenters. The number of aromatic nitrogens is 1. The van der Waals surface area contributed by atoms with Crippen LogP contribution in [0.25, 0.3) is 0 Å². The van der Waals surface area contributed by atoms with Crippen molar-refractivity contribution in [2.45, 2.75) is 45.8 Å². The van der Waals surface area contributed by atoms with Gasteiger partial charge < -0.3 is 10.1 Å². The lowest BCUT2D eigenvalue weighted by atomic mass is 9.88. The van der Waals surface area contributed by atoms with Gasteiger partial charge in [0, 0.05) is 12.4 Å². The van der Waals surface area contributed by atoms with Crippen molar-refractivity contribution >= 4 is 11.9 Å². The molecule has 0 spiro atoms. The predicted molar refractivity (Wildman–Crippen MR) is 98.4 cm³/mol. The van der Waals surface area contributed by atoms with Gasteiger partial charge in [0.15, 0.2) is 0 Å². The number of nitrogens with zero attached hydrogens (tertiary/aromatic N) is 1. The van der Waals surface area contributed by atoms with Crippen LogP contribution in [0, 0.1) is 19.8 Å². The van der Waals surface area contributed by atoms with Crippen molar-refractivity contribution < 1.29 is 14.3 Å². The van der Waals surface area contributed by atoms with E-state index < -0.39 is 11.5 Å². The summed E-state index contributed by atoms with van der Waals surface area (Å²) in [6.45, 7) is 7.62. The number of carbonyl (C=O) groups is 2. The zero-order valence-electron chi connectivity index (χ0n) is 15.6. The van der Waals surface area contributed by atoms with E-state index in [9.17, 15) is 9.59 Å².